The molecule has 3 heterocycles. The normalized spacial score (nSPS) is 10.8. The molecule has 0 bridgehead atoms. The van der Waals surface area contributed by atoms with E-state index in [-0.39, 0.29) is 5.69 Å². The molecule has 0 saturated carbocycles. The highest BCUT2D eigenvalue weighted by Crippen LogP contribution is 2.30. The standard InChI is InChI=1S/C13H10N2O3S/c1-2-17-13(16)9-7-10(18-15-9)11-12-8(3-5-14-11)4-6-19-12/h3-7H,2H2,1H3. The fraction of sp³-hybridized carbons (Fsp3) is 0.154. The van der Waals surface area contributed by atoms with Gasteiger partial charge in [-0.25, -0.2) is 4.79 Å². The molecule has 0 N–H and O–H groups in total. The number of rotatable bonds is 3. The summed E-state index contributed by atoms with van der Waals surface area (Å²) in [6.45, 7) is 2.05. The minimum Gasteiger partial charge on any atom is -0.461 e. The van der Waals surface area contributed by atoms with Crippen LogP contribution in [0.4, 0.5) is 0 Å². The summed E-state index contributed by atoms with van der Waals surface area (Å²) < 4.78 is 11.1. The lowest BCUT2D eigenvalue weighted by Crippen LogP contribution is -2.04. The maximum Gasteiger partial charge on any atom is 0.360 e. The highest BCUT2D eigenvalue weighted by Gasteiger charge is 2.17. The molecule has 0 amide bonds. The van der Waals surface area contributed by atoms with E-state index in [1.807, 2.05) is 17.5 Å². The van der Waals surface area contributed by atoms with Crippen molar-refractivity contribution in [3.8, 4) is 11.5 Å². The molecule has 3 aromatic heterocycles. The van der Waals surface area contributed by atoms with Gasteiger partial charge in [-0.1, -0.05) is 5.16 Å². The third-order valence-electron chi connectivity index (χ3n) is 2.60. The van der Waals surface area contributed by atoms with Gasteiger partial charge in [0.25, 0.3) is 0 Å². The van der Waals surface area contributed by atoms with E-state index < -0.39 is 5.97 Å². The van der Waals surface area contributed by atoms with Crippen LogP contribution in [0.15, 0.2) is 34.3 Å². The Morgan fingerprint density at radius 3 is 3.21 bits per heavy atom. The molecule has 6 heteroatoms. The molecule has 3 aromatic rings. The summed E-state index contributed by atoms with van der Waals surface area (Å²) in [5.74, 6) is -0.0213. The van der Waals surface area contributed by atoms with Gasteiger partial charge in [-0.05, 0) is 29.8 Å². The molecule has 0 aliphatic heterocycles. The van der Waals surface area contributed by atoms with Gasteiger partial charge in [-0.3, -0.25) is 4.98 Å². The average Bonchev–Trinajstić information content (AvgIpc) is 3.07. The van der Waals surface area contributed by atoms with Gasteiger partial charge in [0, 0.05) is 12.3 Å². The number of hydrogen-bond donors (Lipinski definition) is 0. The van der Waals surface area contributed by atoms with E-state index in [1.54, 1.807) is 30.5 Å². The maximum atomic E-state index is 11.5. The van der Waals surface area contributed by atoms with Crippen LogP contribution in [-0.4, -0.2) is 22.7 Å². The second kappa shape index (κ2) is 4.81. The number of carbonyl (C=O) groups excluding carboxylic acids is 1. The van der Waals surface area contributed by atoms with Crippen molar-refractivity contribution in [2.24, 2.45) is 0 Å². The second-order valence-corrected chi connectivity index (χ2v) is 4.71. The van der Waals surface area contributed by atoms with Crippen LogP contribution < -0.4 is 0 Å². The molecule has 0 atom stereocenters. The van der Waals surface area contributed by atoms with Crippen LogP contribution in [0.1, 0.15) is 17.4 Å². The Kier molecular flexibility index (Phi) is 3.00. The monoisotopic (exact) mass is 274 g/mol. The summed E-state index contributed by atoms with van der Waals surface area (Å²) in [6, 6.07) is 5.49. The average molecular weight is 274 g/mol. The highest BCUT2D eigenvalue weighted by atomic mass is 32.1. The number of esters is 1. The van der Waals surface area contributed by atoms with Gasteiger partial charge in [-0.15, -0.1) is 11.3 Å². The largest absolute Gasteiger partial charge is 0.461 e. The van der Waals surface area contributed by atoms with Crippen molar-refractivity contribution in [3.63, 3.8) is 0 Å². The molecule has 0 radical (unpaired) electrons. The maximum absolute atomic E-state index is 11.5. The lowest BCUT2D eigenvalue weighted by atomic mass is 10.2. The topological polar surface area (TPSA) is 65.2 Å². The third-order valence-corrected chi connectivity index (χ3v) is 3.53. The molecule has 0 aliphatic carbocycles. The van der Waals surface area contributed by atoms with Crippen LogP contribution in [0.2, 0.25) is 0 Å². The Morgan fingerprint density at radius 1 is 1.47 bits per heavy atom. The molecule has 5 nitrogen and oxygen atoms in total. The van der Waals surface area contributed by atoms with Gasteiger partial charge >= 0.3 is 5.97 Å². The minimum atomic E-state index is -0.490. The van der Waals surface area contributed by atoms with Crippen molar-refractivity contribution in [1.29, 1.82) is 0 Å². The summed E-state index contributed by atoms with van der Waals surface area (Å²) in [5.41, 5.74) is 0.850. The van der Waals surface area contributed by atoms with E-state index in [9.17, 15) is 4.79 Å². The molecule has 0 spiro atoms. The summed E-state index contributed by atoms with van der Waals surface area (Å²) in [5, 5.41) is 6.79. The van der Waals surface area contributed by atoms with Crippen LogP contribution >= 0.6 is 11.3 Å². The van der Waals surface area contributed by atoms with Crippen molar-refractivity contribution < 1.29 is 14.1 Å². The predicted molar refractivity (Wildman–Crippen MR) is 71.1 cm³/mol. The number of nitrogens with zero attached hydrogens (tertiary/aromatic N) is 2. The molecular weight excluding hydrogens is 264 g/mol. The number of aromatic nitrogens is 2. The second-order valence-electron chi connectivity index (χ2n) is 3.80. The summed E-state index contributed by atoms with van der Waals surface area (Å²) in [4.78, 5) is 15.8. The van der Waals surface area contributed by atoms with E-state index >= 15 is 0 Å². The van der Waals surface area contributed by atoms with Crippen LogP contribution in [0, 0.1) is 0 Å². The van der Waals surface area contributed by atoms with Crippen molar-refractivity contribution in [2.75, 3.05) is 6.61 Å². The Bertz CT molecular complexity index is 732. The number of fused-ring (bicyclic) bond motifs is 1. The number of ether oxygens (including phenoxy) is 1. The molecule has 0 aromatic carbocycles. The SMILES string of the molecule is CCOC(=O)c1cc(-c2nccc3ccsc23)on1. The molecule has 0 unspecified atom stereocenters. The van der Waals surface area contributed by atoms with Crippen molar-refractivity contribution in [2.45, 2.75) is 6.92 Å². The van der Waals surface area contributed by atoms with Crippen molar-refractivity contribution in [3.05, 3.63) is 35.5 Å². The molecule has 0 saturated heterocycles. The Labute approximate surface area is 112 Å². The van der Waals surface area contributed by atoms with Gasteiger partial charge < -0.3 is 9.26 Å². The summed E-state index contributed by atoms with van der Waals surface area (Å²) in [6.07, 6.45) is 1.71. The lowest BCUT2D eigenvalue weighted by molar-refractivity contribution is 0.0514. The van der Waals surface area contributed by atoms with E-state index in [2.05, 4.69) is 10.1 Å². The first-order valence-corrected chi connectivity index (χ1v) is 6.64. The number of hydrogen-bond acceptors (Lipinski definition) is 6. The third kappa shape index (κ3) is 2.10. The fourth-order valence-corrected chi connectivity index (χ4v) is 2.64. The summed E-state index contributed by atoms with van der Waals surface area (Å²) >= 11 is 1.57. The van der Waals surface area contributed by atoms with E-state index in [0.717, 1.165) is 10.1 Å². The number of pyridine rings is 1. The first-order valence-electron chi connectivity index (χ1n) is 5.76. The van der Waals surface area contributed by atoms with Crippen LogP contribution in [-0.2, 0) is 4.74 Å². The van der Waals surface area contributed by atoms with Gasteiger partial charge in [0.15, 0.2) is 11.5 Å². The first kappa shape index (κ1) is 11.9. The highest BCUT2D eigenvalue weighted by molar-refractivity contribution is 7.17. The molecule has 96 valence electrons. The molecule has 3 rings (SSSR count). The first-order chi connectivity index (χ1) is 9.29. The predicted octanol–water partition coefficient (Wildman–Crippen LogP) is 3.13. The van der Waals surface area contributed by atoms with E-state index in [4.69, 9.17) is 9.26 Å². The van der Waals surface area contributed by atoms with Gasteiger partial charge in [0.2, 0.25) is 0 Å². The van der Waals surface area contributed by atoms with Gasteiger partial charge in [0.1, 0.15) is 5.69 Å². The zero-order valence-corrected chi connectivity index (χ0v) is 10.9. The van der Waals surface area contributed by atoms with Crippen LogP contribution in [0.5, 0.6) is 0 Å². The summed E-state index contributed by atoms with van der Waals surface area (Å²) in [7, 11) is 0. The van der Waals surface area contributed by atoms with E-state index in [1.165, 1.54) is 0 Å². The number of carbonyl (C=O) groups is 1. The van der Waals surface area contributed by atoms with Crippen LogP contribution in [0.25, 0.3) is 21.5 Å². The quantitative estimate of drug-likeness (QED) is 0.686. The minimum absolute atomic E-state index is 0.159. The van der Waals surface area contributed by atoms with Crippen LogP contribution in [0.3, 0.4) is 0 Å². The number of thiophene rings is 1. The smallest absolute Gasteiger partial charge is 0.360 e. The Morgan fingerprint density at radius 2 is 2.37 bits per heavy atom. The molecular formula is C13H10N2O3S. The van der Waals surface area contributed by atoms with Gasteiger partial charge in [0.05, 0.1) is 11.3 Å². The molecule has 19 heavy (non-hydrogen) atoms. The zero-order valence-electron chi connectivity index (χ0n) is 10.1. The molecule has 0 aliphatic rings. The van der Waals surface area contributed by atoms with E-state index in [0.29, 0.717) is 18.1 Å². The van der Waals surface area contributed by atoms with Crippen molar-refractivity contribution in [1.82, 2.24) is 10.1 Å². The van der Waals surface area contributed by atoms with Crippen molar-refractivity contribution >= 4 is 27.4 Å². The van der Waals surface area contributed by atoms with Gasteiger partial charge in [-0.2, -0.15) is 0 Å². The zero-order chi connectivity index (χ0) is 13.2. The molecule has 0 fully saturated rings. The Hall–Kier alpha value is -2.21. The fourth-order valence-electron chi connectivity index (χ4n) is 1.76. The Balaban J connectivity index is 2.03. The lowest BCUT2D eigenvalue weighted by Gasteiger charge is -1.96.